The summed E-state index contributed by atoms with van der Waals surface area (Å²) in [6.45, 7) is 1.96. The van der Waals surface area contributed by atoms with Crippen molar-refractivity contribution in [1.82, 2.24) is 20.2 Å². The van der Waals surface area contributed by atoms with Crippen LogP contribution in [-0.2, 0) is 4.79 Å². The number of hydrogen-bond acceptors (Lipinski definition) is 6. The van der Waals surface area contributed by atoms with Crippen molar-refractivity contribution in [2.75, 3.05) is 11.1 Å². The zero-order chi connectivity index (χ0) is 17.8. The Bertz CT molecular complexity index is 898. The number of aromatic nitrogens is 4. The second-order valence-corrected chi connectivity index (χ2v) is 6.99. The van der Waals surface area contributed by atoms with E-state index >= 15 is 0 Å². The number of anilines is 1. The molecule has 0 fully saturated rings. The van der Waals surface area contributed by atoms with Crippen LogP contribution in [0.4, 0.5) is 5.69 Å². The van der Waals surface area contributed by atoms with Gasteiger partial charge < -0.3 is 10.4 Å². The lowest BCUT2D eigenvalue weighted by Crippen LogP contribution is -2.14. The number of aromatic hydroxyl groups is 1. The molecule has 9 heteroatoms. The Morgan fingerprint density at radius 2 is 2.04 bits per heavy atom. The summed E-state index contributed by atoms with van der Waals surface area (Å²) in [6.07, 6.45) is 0. The van der Waals surface area contributed by atoms with Gasteiger partial charge in [-0.05, 0) is 65.4 Å². The number of phenolic OH excluding ortho intramolecular Hbond substituents is 1. The number of tetrazole rings is 1. The molecule has 1 aromatic heterocycles. The fraction of sp³-hybridized carbons (Fsp3) is 0.125. The van der Waals surface area contributed by atoms with Crippen LogP contribution in [0, 0.1) is 6.92 Å². The van der Waals surface area contributed by atoms with Crippen molar-refractivity contribution in [3.8, 4) is 11.4 Å². The SMILES string of the molecule is Cc1cc(NC(=O)CSc2nnnn2-c2ccc(O)cc2)ccc1Br. The molecular formula is C16H14BrN5O2S. The molecule has 2 N–H and O–H groups in total. The van der Waals surface area contributed by atoms with E-state index in [4.69, 9.17) is 0 Å². The molecule has 0 aliphatic carbocycles. The van der Waals surface area contributed by atoms with Gasteiger partial charge in [-0.2, -0.15) is 4.68 Å². The molecule has 0 aliphatic heterocycles. The summed E-state index contributed by atoms with van der Waals surface area (Å²) >= 11 is 4.66. The third-order valence-electron chi connectivity index (χ3n) is 3.31. The quantitative estimate of drug-likeness (QED) is 0.616. The van der Waals surface area contributed by atoms with E-state index in [1.807, 2.05) is 25.1 Å². The standard InChI is InChI=1S/C16H14BrN5O2S/c1-10-8-11(2-7-14(10)17)18-15(24)9-25-16-19-20-21-22(16)12-3-5-13(23)6-4-12/h2-8,23H,9H2,1H3,(H,18,24). The number of nitrogens with one attached hydrogen (secondary N) is 1. The zero-order valence-corrected chi connectivity index (χ0v) is 15.6. The van der Waals surface area contributed by atoms with Crippen molar-refractivity contribution in [2.45, 2.75) is 12.1 Å². The lowest BCUT2D eigenvalue weighted by atomic mass is 10.2. The summed E-state index contributed by atoms with van der Waals surface area (Å²) in [5.41, 5.74) is 2.49. The Hall–Kier alpha value is -2.39. The molecule has 0 unspecified atom stereocenters. The van der Waals surface area contributed by atoms with Gasteiger partial charge in [0.2, 0.25) is 11.1 Å². The highest BCUT2D eigenvalue weighted by Gasteiger charge is 2.12. The van der Waals surface area contributed by atoms with E-state index in [1.165, 1.54) is 16.4 Å². The number of amides is 1. The molecule has 0 bridgehead atoms. The minimum absolute atomic E-state index is 0.146. The Morgan fingerprint density at radius 1 is 1.28 bits per heavy atom. The first-order valence-electron chi connectivity index (χ1n) is 7.29. The van der Waals surface area contributed by atoms with E-state index in [9.17, 15) is 9.90 Å². The molecule has 25 heavy (non-hydrogen) atoms. The number of nitrogens with zero attached hydrogens (tertiary/aromatic N) is 4. The van der Waals surface area contributed by atoms with Crippen molar-refractivity contribution in [3.63, 3.8) is 0 Å². The number of halogens is 1. The maximum absolute atomic E-state index is 12.1. The molecule has 1 heterocycles. The van der Waals surface area contributed by atoms with Crippen LogP contribution < -0.4 is 5.32 Å². The molecule has 0 radical (unpaired) electrons. The molecule has 0 aliphatic rings. The van der Waals surface area contributed by atoms with Gasteiger partial charge in [0.15, 0.2) is 0 Å². The Morgan fingerprint density at radius 3 is 2.76 bits per heavy atom. The smallest absolute Gasteiger partial charge is 0.234 e. The highest BCUT2D eigenvalue weighted by Crippen LogP contribution is 2.22. The normalized spacial score (nSPS) is 10.6. The van der Waals surface area contributed by atoms with E-state index in [1.54, 1.807) is 24.3 Å². The Labute approximate surface area is 156 Å². The maximum atomic E-state index is 12.1. The number of benzene rings is 2. The zero-order valence-electron chi connectivity index (χ0n) is 13.2. The number of phenols is 1. The first-order valence-corrected chi connectivity index (χ1v) is 9.07. The lowest BCUT2D eigenvalue weighted by Gasteiger charge is -2.07. The number of carbonyl (C=O) groups is 1. The third kappa shape index (κ3) is 4.37. The molecule has 0 spiro atoms. The minimum Gasteiger partial charge on any atom is -0.508 e. The van der Waals surface area contributed by atoms with Gasteiger partial charge in [-0.1, -0.05) is 27.7 Å². The molecule has 2 aromatic carbocycles. The molecule has 1 amide bonds. The number of rotatable bonds is 5. The van der Waals surface area contributed by atoms with Crippen molar-refractivity contribution in [2.24, 2.45) is 0 Å². The molecular weight excluding hydrogens is 406 g/mol. The van der Waals surface area contributed by atoms with Crippen LogP contribution in [0.3, 0.4) is 0 Å². The van der Waals surface area contributed by atoms with Crippen LogP contribution in [0.1, 0.15) is 5.56 Å². The summed E-state index contributed by atoms with van der Waals surface area (Å²) in [6, 6.07) is 12.1. The van der Waals surface area contributed by atoms with Crippen molar-refractivity contribution >= 4 is 39.3 Å². The second-order valence-electron chi connectivity index (χ2n) is 5.19. The van der Waals surface area contributed by atoms with Crippen LogP contribution in [0.5, 0.6) is 5.75 Å². The van der Waals surface area contributed by atoms with Crippen molar-refractivity contribution in [1.29, 1.82) is 0 Å². The van der Waals surface area contributed by atoms with Gasteiger partial charge in [0.05, 0.1) is 11.4 Å². The predicted octanol–water partition coefficient (Wildman–Crippen LogP) is 3.17. The maximum Gasteiger partial charge on any atom is 0.234 e. The van der Waals surface area contributed by atoms with Crippen LogP contribution in [0.25, 0.3) is 5.69 Å². The topological polar surface area (TPSA) is 92.9 Å². The summed E-state index contributed by atoms with van der Waals surface area (Å²) in [5, 5.41) is 24.2. The molecule has 3 aromatic rings. The number of carbonyl (C=O) groups excluding carboxylic acids is 1. The van der Waals surface area contributed by atoms with Crippen LogP contribution in [-0.4, -0.2) is 37.0 Å². The summed E-state index contributed by atoms with van der Waals surface area (Å²) in [5.74, 6) is 0.190. The Balaban J connectivity index is 1.64. The highest BCUT2D eigenvalue weighted by atomic mass is 79.9. The molecule has 3 rings (SSSR count). The first-order chi connectivity index (χ1) is 12.0. The van der Waals surface area contributed by atoms with Gasteiger partial charge in [0, 0.05) is 10.2 Å². The summed E-state index contributed by atoms with van der Waals surface area (Å²) in [4.78, 5) is 12.1. The monoisotopic (exact) mass is 419 g/mol. The summed E-state index contributed by atoms with van der Waals surface area (Å²) < 4.78 is 2.51. The van der Waals surface area contributed by atoms with Gasteiger partial charge in [-0.3, -0.25) is 4.79 Å². The fourth-order valence-corrected chi connectivity index (χ4v) is 3.01. The number of thioether (sulfide) groups is 1. The average Bonchev–Trinajstić information content (AvgIpc) is 3.06. The Kier molecular flexibility index (Phi) is 5.34. The van der Waals surface area contributed by atoms with E-state index in [0.717, 1.165) is 15.7 Å². The second kappa shape index (κ2) is 7.66. The van der Waals surface area contributed by atoms with E-state index < -0.39 is 0 Å². The molecule has 0 atom stereocenters. The molecule has 0 saturated carbocycles. The van der Waals surface area contributed by atoms with E-state index in [-0.39, 0.29) is 17.4 Å². The van der Waals surface area contributed by atoms with Gasteiger partial charge in [0.1, 0.15) is 5.75 Å². The van der Waals surface area contributed by atoms with Gasteiger partial charge in [-0.25, -0.2) is 0 Å². The van der Waals surface area contributed by atoms with Gasteiger partial charge >= 0.3 is 0 Å². The number of aryl methyl sites for hydroxylation is 1. The average molecular weight is 420 g/mol. The highest BCUT2D eigenvalue weighted by molar-refractivity contribution is 9.10. The molecule has 128 valence electrons. The first kappa shape index (κ1) is 17.4. The molecule has 7 nitrogen and oxygen atoms in total. The summed E-state index contributed by atoms with van der Waals surface area (Å²) in [7, 11) is 0. The third-order valence-corrected chi connectivity index (χ3v) is 5.12. The van der Waals surface area contributed by atoms with Crippen LogP contribution in [0.2, 0.25) is 0 Å². The predicted molar refractivity (Wildman–Crippen MR) is 99.1 cm³/mol. The number of hydrogen-bond donors (Lipinski definition) is 2. The van der Waals surface area contributed by atoms with Crippen LogP contribution in [0.15, 0.2) is 52.1 Å². The van der Waals surface area contributed by atoms with Crippen LogP contribution >= 0.6 is 27.7 Å². The van der Waals surface area contributed by atoms with E-state index in [0.29, 0.717) is 10.8 Å². The van der Waals surface area contributed by atoms with Gasteiger partial charge in [0.25, 0.3) is 0 Å². The van der Waals surface area contributed by atoms with E-state index in [2.05, 4.69) is 36.8 Å². The van der Waals surface area contributed by atoms with Crippen molar-refractivity contribution < 1.29 is 9.90 Å². The minimum atomic E-state index is -0.146. The van der Waals surface area contributed by atoms with Gasteiger partial charge in [-0.15, -0.1) is 5.10 Å². The van der Waals surface area contributed by atoms with Crippen molar-refractivity contribution in [3.05, 3.63) is 52.5 Å². The lowest BCUT2D eigenvalue weighted by molar-refractivity contribution is -0.113. The fourth-order valence-electron chi connectivity index (χ4n) is 2.07. The largest absolute Gasteiger partial charge is 0.508 e. The molecule has 0 saturated heterocycles.